The van der Waals surface area contributed by atoms with Gasteiger partial charge in [0.1, 0.15) is 5.52 Å². The van der Waals surface area contributed by atoms with Gasteiger partial charge in [0, 0.05) is 31.5 Å². The lowest BCUT2D eigenvalue weighted by Gasteiger charge is -2.12. The van der Waals surface area contributed by atoms with Crippen LogP contribution in [-0.4, -0.2) is 29.0 Å². The first-order chi connectivity index (χ1) is 9.24. The summed E-state index contributed by atoms with van der Waals surface area (Å²) in [6.07, 6.45) is 3.52. The molecule has 4 heteroatoms. The molecule has 0 aliphatic heterocycles. The van der Waals surface area contributed by atoms with E-state index in [1.165, 1.54) is 0 Å². The van der Waals surface area contributed by atoms with E-state index in [4.69, 9.17) is 0 Å². The summed E-state index contributed by atoms with van der Waals surface area (Å²) in [5, 5.41) is 0. The van der Waals surface area contributed by atoms with Crippen molar-refractivity contribution >= 4 is 16.9 Å². The molecule has 3 rings (SSSR count). The number of hydrogen-bond acceptors (Lipinski definition) is 4. The summed E-state index contributed by atoms with van der Waals surface area (Å²) in [4.78, 5) is 15.2. The van der Waals surface area contributed by atoms with Gasteiger partial charge in [-0.3, -0.25) is 4.98 Å². The third-order valence-corrected chi connectivity index (χ3v) is 3.00. The molecule has 1 aromatic carbocycles. The predicted octanol–water partition coefficient (Wildman–Crippen LogP) is 2.76. The normalized spacial score (nSPS) is 10.6. The summed E-state index contributed by atoms with van der Waals surface area (Å²) in [6.45, 7) is 0. The molecule has 0 fully saturated rings. The third-order valence-electron chi connectivity index (χ3n) is 3.00. The molecule has 0 saturated heterocycles. The molecule has 0 spiro atoms. The second-order valence-corrected chi connectivity index (χ2v) is 4.54. The molecular formula is C15H14N4. The molecule has 0 bridgehead atoms. The molecule has 0 saturated carbocycles. The Morgan fingerprint density at radius 3 is 2.47 bits per heavy atom. The summed E-state index contributed by atoms with van der Waals surface area (Å²) < 4.78 is 0. The fourth-order valence-corrected chi connectivity index (χ4v) is 1.92. The highest BCUT2D eigenvalue weighted by Crippen LogP contribution is 2.21. The smallest absolute Gasteiger partial charge is 0.178 e. The highest BCUT2D eigenvalue weighted by atomic mass is 15.1. The van der Waals surface area contributed by atoms with Crippen LogP contribution < -0.4 is 4.90 Å². The maximum Gasteiger partial charge on any atom is 0.178 e. The number of rotatable bonds is 2. The van der Waals surface area contributed by atoms with Crippen LogP contribution in [0.1, 0.15) is 0 Å². The van der Waals surface area contributed by atoms with E-state index in [1.807, 2.05) is 38.4 Å². The SMILES string of the molecule is CN(C)c1ccc(-c2cnc3cccnc3n2)cc1. The Hall–Kier alpha value is -2.49. The van der Waals surface area contributed by atoms with Gasteiger partial charge >= 0.3 is 0 Å². The minimum Gasteiger partial charge on any atom is -0.378 e. The van der Waals surface area contributed by atoms with Crippen molar-refractivity contribution in [3.8, 4) is 11.3 Å². The first-order valence-electron chi connectivity index (χ1n) is 6.09. The number of anilines is 1. The number of aromatic nitrogens is 3. The van der Waals surface area contributed by atoms with E-state index in [-0.39, 0.29) is 0 Å². The van der Waals surface area contributed by atoms with Gasteiger partial charge in [0.05, 0.1) is 11.9 Å². The summed E-state index contributed by atoms with van der Waals surface area (Å²) >= 11 is 0. The number of fused-ring (bicyclic) bond motifs is 1. The van der Waals surface area contributed by atoms with E-state index in [0.29, 0.717) is 5.65 Å². The monoisotopic (exact) mass is 250 g/mol. The molecule has 3 aromatic rings. The zero-order valence-corrected chi connectivity index (χ0v) is 10.9. The average Bonchev–Trinajstić information content (AvgIpc) is 2.47. The van der Waals surface area contributed by atoms with Gasteiger partial charge in [-0.15, -0.1) is 0 Å². The van der Waals surface area contributed by atoms with Crippen molar-refractivity contribution in [3.63, 3.8) is 0 Å². The van der Waals surface area contributed by atoms with Gasteiger partial charge in [-0.25, -0.2) is 9.97 Å². The Morgan fingerprint density at radius 1 is 0.947 bits per heavy atom. The van der Waals surface area contributed by atoms with Crippen molar-refractivity contribution in [1.82, 2.24) is 15.0 Å². The summed E-state index contributed by atoms with van der Waals surface area (Å²) in [5.74, 6) is 0. The zero-order valence-electron chi connectivity index (χ0n) is 10.9. The van der Waals surface area contributed by atoms with Crippen molar-refractivity contribution in [2.45, 2.75) is 0 Å². The number of hydrogen-bond donors (Lipinski definition) is 0. The average molecular weight is 250 g/mol. The molecule has 0 radical (unpaired) electrons. The topological polar surface area (TPSA) is 41.9 Å². The number of pyridine rings is 1. The van der Waals surface area contributed by atoms with Crippen LogP contribution in [0.5, 0.6) is 0 Å². The fourth-order valence-electron chi connectivity index (χ4n) is 1.92. The van der Waals surface area contributed by atoms with Crippen molar-refractivity contribution in [1.29, 1.82) is 0 Å². The second kappa shape index (κ2) is 4.65. The van der Waals surface area contributed by atoms with Crippen LogP contribution in [0.15, 0.2) is 48.8 Å². The van der Waals surface area contributed by atoms with Gasteiger partial charge in [0.15, 0.2) is 5.65 Å². The standard InChI is InChI=1S/C15H14N4/c1-19(2)12-7-5-11(6-8-12)14-10-17-13-4-3-9-16-15(13)18-14/h3-10H,1-2H3. The molecule has 2 aromatic heterocycles. The van der Waals surface area contributed by atoms with E-state index in [2.05, 4.69) is 32.0 Å². The fraction of sp³-hybridized carbons (Fsp3) is 0.133. The van der Waals surface area contributed by atoms with Gasteiger partial charge in [-0.05, 0) is 24.3 Å². The van der Waals surface area contributed by atoms with Crippen LogP contribution in [0.2, 0.25) is 0 Å². The maximum absolute atomic E-state index is 4.53. The van der Waals surface area contributed by atoms with Gasteiger partial charge in [-0.1, -0.05) is 12.1 Å². The van der Waals surface area contributed by atoms with Crippen molar-refractivity contribution in [3.05, 3.63) is 48.8 Å². The van der Waals surface area contributed by atoms with Gasteiger partial charge in [0.25, 0.3) is 0 Å². The molecule has 0 amide bonds. The van der Waals surface area contributed by atoms with Crippen molar-refractivity contribution in [2.75, 3.05) is 19.0 Å². The summed E-state index contributed by atoms with van der Waals surface area (Å²) in [5.41, 5.74) is 4.55. The molecule has 2 heterocycles. The Kier molecular flexibility index (Phi) is 2.83. The Morgan fingerprint density at radius 2 is 1.74 bits per heavy atom. The van der Waals surface area contributed by atoms with Crippen LogP contribution in [-0.2, 0) is 0 Å². The minimum atomic E-state index is 0.677. The Balaban J connectivity index is 2.03. The van der Waals surface area contributed by atoms with Crippen LogP contribution >= 0.6 is 0 Å². The van der Waals surface area contributed by atoms with Crippen molar-refractivity contribution in [2.24, 2.45) is 0 Å². The molecule has 0 aliphatic rings. The number of nitrogens with zero attached hydrogens (tertiary/aromatic N) is 4. The largest absolute Gasteiger partial charge is 0.378 e. The quantitative estimate of drug-likeness (QED) is 0.701. The van der Waals surface area contributed by atoms with Crippen molar-refractivity contribution < 1.29 is 0 Å². The lowest BCUT2D eigenvalue weighted by molar-refractivity contribution is 1.13. The number of benzene rings is 1. The van der Waals surface area contributed by atoms with Crippen LogP contribution in [0, 0.1) is 0 Å². The highest BCUT2D eigenvalue weighted by molar-refractivity contribution is 5.73. The first-order valence-corrected chi connectivity index (χ1v) is 6.09. The van der Waals surface area contributed by atoms with E-state index < -0.39 is 0 Å². The predicted molar refractivity (Wildman–Crippen MR) is 77.1 cm³/mol. The lowest BCUT2D eigenvalue weighted by Crippen LogP contribution is -2.07. The molecule has 0 aliphatic carbocycles. The minimum absolute atomic E-state index is 0.677. The molecule has 0 unspecified atom stereocenters. The second-order valence-electron chi connectivity index (χ2n) is 4.54. The Bertz CT molecular complexity index is 705. The van der Waals surface area contributed by atoms with Crippen LogP contribution in [0.25, 0.3) is 22.4 Å². The van der Waals surface area contributed by atoms with E-state index in [1.54, 1.807) is 12.4 Å². The van der Waals surface area contributed by atoms with E-state index in [0.717, 1.165) is 22.5 Å². The highest BCUT2D eigenvalue weighted by Gasteiger charge is 2.03. The van der Waals surface area contributed by atoms with Gasteiger partial charge in [0.2, 0.25) is 0 Å². The zero-order chi connectivity index (χ0) is 13.2. The molecule has 19 heavy (non-hydrogen) atoms. The van der Waals surface area contributed by atoms with E-state index in [9.17, 15) is 0 Å². The maximum atomic E-state index is 4.53. The third kappa shape index (κ3) is 2.25. The van der Waals surface area contributed by atoms with E-state index >= 15 is 0 Å². The van der Waals surface area contributed by atoms with Crippen LogP contribution in [0.3, 0.4) is 0 Å². The van der Waals surface area contributed by atoms with Gasteiger partial charge < -0.3 is 4.90 Å². The first kappa shape index (κ1) is 11.6. The summed E-state index contributed by atoms with van der Waals surface area (Å²) in [6, 6.07) is 12.0. The molecule has 0 N–H and O–H groups in total. The lowest BCUT2D eigenvalue weighted by atomic mass is 10.1. The molecular weight excluding hydrogens is 236 g/mol. The molecule has 94 valence electrons. The van der Waals surface area contributed by atoms with Gasteiger partial charge in [-0.2, -0.15) is 0 Å². The van der Waals surface area contributed by atoms with Crippen LogP contribution in [0.4, 0.5) is 5.69 Å². The molecule has 0 atom stereocenters. The molecule has 4 nitrogen and oxygen atoms in total. The summed E-state index contributed by atoms with van der Waals surface area (Å²) in [7, 11) is 4.05. The Labute approximate surface area is 111 Å².